The topological polar surface area (TPSA) is 251 Å². The zero-order valence-electron chi connectivity index (χ0n) is 47.7. The number of carbonyl (C=O) groups is 5. The first-order chi connectivity index (χ1) is 39.4. The Morgan fingerprint density at radius 2 is 1.71 bits per heavy atom. The number of halogens is 1. The number of fused-ring (bicyclic) bond motifs is 10. The van der Waals surface area contributed by atoms with E-state index in [-0.39, 0.29) is 125 Å². The van der Waals surface area contributed by atoms with Crippen LogP contribution in [0.4, 0.5) is 15.9 Å². The van der Waals surface area contributed by atoms with E-state index in [1.807, 2.05) is 62.1 Å². The summed E-state index contributed by atoms with van der Waals surface area (Å²) in [6.07, 6.45) is 6.13. The Morgan fingerprint density at radius 1 is 0.927 bits per heavy atom. The molecular weight excluding hydrogens is 1050 g/mol. The first-order valence-corrected chi connectivity index (χ1v) is 28.3. The summed E-state index contributed by atoms with van der Waals surface area (Å²) in [6.45, 7) is 9.69. The fraction of sp³-hybridized carbons (Fsp3) is 0.475. The highest BCUT2D eigenvalue weighted by atomic mass is 19.1. The van der Waals surface area contributed by atoms with E-state index in [1.54, 1.807) is 32.1 Å². The molecule has 5 heterocycles. The summed E-state index contributed by atoms with van der Waals surface area (Å²) in [5.41, 5.74) is 13.2. The number of rotatable bonds is 19. The number of nitrogens with zero attached hydrogens (tertiary/aromatic N) is 7. The van der Waals surface area contributed by atoms with Crippen LogP contribution in [0.1, 0.15) is 121 Å². The van der Waals surface area contributed by atoms with Gasteiger partial charge in [-0.25, -0.2) is 9.37 Å². The monoisotopic (exact) mass is 1120 g/mol. The number of aryl methyl sites for hydroxylation is 1. The Morgan fingerprint density at radius 3 is 2.49 bits per heavy atom. The van der Waals surface area contributed by atoms with Crippen LogP contribution < -0.4 is 36.6 Å². The molecule has 5 amide bonds. The second-order valence-corrected chi connectivity index (χ2v) is 22.6. The van der Waals surface area contributed by atoms with Gasteiger partial charge in [0.05, 0.1) is 69.0 Å². The van der Waals surface area contributed by atoms with Crippen molar-refractivity contribution in [2.45, 2.75) is 122 Å². The lowest BCUT2D eigenvalue weighted by atomic mass is 9.83. The molecule has 5 atom stereocenters. The SMILES string of the molecule is CN[C@@H](C)C(=O)N[C@H](C(=O)N1Cc2cc(OCCOCCOCCC(=O)NCCn3nc4c(c3C#N)-c3cnc(N)c(c3)N3CCC[C@@H]3c3cc(F)ccc3C(=O)N(C)C4)ccc2C[C@H]1C(=O)N[C@@H]1CCCc2ccccc21)C(C)(C)C. The number of nitrogens with one attached hydrogen (secondary N) is 4. The van der Waals surface area contributed by atoms with Gasteiger partial charge >= 0.3 is 0 Å². The minimum absolute atomic E-state index is 0.0421. The number of aromatic nitrogens is 3. The number of hydrogen-bond acceptors (Lipinski definition) is 14. The van der Waals surface area contributed by atoms with Crippen molar-refractivity contribution >= 4 is 41.0 Å². The minimum atomic E-state index is -0.907. The van der Waals surface area contributed by atoms with Crippen molar-refractivity contribution in [2.75, 3.05) is 70.9 Å². The van der Waals surface area contributed by atoms with Crippen molar-refractivity contribution in [1.82, 2.24) is 45.8 Å². The maximum absolute atomic E-state index is 14.7. The molecule has 0 radical (unpaired) electrons. The van der Waals surface area contributed by atoms with E-state index in [1.165, 1.54) is 33.3 Å². The third kappa shape index (κ3) is 13.2. The van der Waals surface area contributed by atoms with Crippen LogP contribution in [-0.2, 0) is 61.1 Å². The second-order valence-electron chi connectivity index (χ2n) is 22.6. The Kier molecular flexibility index (Phi) is 18.5. The molecule has 21 heteroatoms. The third-order valence-corrected chi connectivity index (χ3v) is 16.0. The van der Waals surface area contributed by atoms with Crippen molar-refractivity contribution in [3.05, 3.63) is 124 Å². The van der Waals surface area contributed by atoms with Gasteiger partial charge in [0.2, 0.25) is 23.6 Å². The van der Waals surface area contributed by atoms with Crippen molar-refractivity contribution in [3.8, 4) is 22.9 Å². The lowest BCUT2D eigenvalue weighted by molar-refractivity contribution is -0.147. The molecule has 0 spiro atoms. The van der Waals surface area contributed by atoms with E-state index in [0.717, 1.165) is 42.4 Å². The molecule has 1 saturated heterocycles. The van der Waals surface area contributed by atoms with E-state index in [2.05, 4.69) is 44.5 Å². The first kappa shape index (κ1) is 58.7. The van der Waals surface area contributed by atoms with Gasteiger partial charge < -0.3 is 55.9 Å². The number of pyridine rings is 1. The molecule has 1 fully saturated rings. The predicted octanol–water partition coefficient (Wildman–Crippen LogP) is 5.67. The fourth-order valence-corrected chi connectivity index (χ4v) is 11.5. The summed E-state index contributed by atoms with van der Waals surface area (Å²) in [5, 5.41) is 27.4. The lowest BCUT2D eigenvalue weighted by Gasteiger charge is -2.41. The van der Waals surface area contributed by atoms with Gasteiger partial charge in [0.25, 0.3) is 5.91 Å². The Labute approximate surface area is 478 Å². The molecule has 20 nitrogen and oxygen atoms in total. The maximum Gasteiger partial charge on any atom is 0.254 e. The third-order valence-electron chi connectivity index (χ3n) is 16.0. The Balaban J connectivity index is 0.751. The molecule has 5 aromatic rings. The fourth-order valence-electron chi connectivity index (χ4n) is 11.5. The van der Waals surface area contributed by atoms with Gasteiger partial charge in [-0.15, -0.1) is 0 Å². The summed E-state index contributed by atoms with van der Waals surface area (Å²) in [6, 6.07) is 19.5. The maximum atomic E-state index is 14.7. The summed E-state index contributed by atoms with van der Waals surface area (Å²) in [5.74, 6) is -1.05. The van der Waals surface area contributed by atoms with Crippen molar-refractivity contribution in [2.24, 2.45) is 5.41 Å². The second kappa shape index (κ2) is 25.9. The summed E-state index contributed by atoms with van der Waals surface area (Å²) >= 11 is 0. The van der Waals surface area contributed by atoms with Gasteiger partial charge in [0, 0.05) is 62.4 Å². The number of anilines is 2. The number of benzene rings is 3. The van der Waals surface area contributed by atoms with E-state index in [4.69, 9.17) is 25.0 Å². The normalized spacial score (nSPS) is 18.2. The molecule has 2 aromatic heterocycles. The molecule has 3 aromatic carbocycles. The molecular formula is C61H75FN12O8. The van der Waals surface area contributed by atoms with E-state index in [0.29, 0.717) is 52.4 Å². The number of nitrogen functional groups attached to an aromatic ring is 1. The van der Waals surface area contributed by atoms with Crippen molar-refractivity contribution in [1.29, 1.82) is 5.26 Å². The van der Waals surface area contributed by atoms with Gasteiger partial charge in [-0.2, -0.15) is 10.4 Å². The average molecular weight is 1120 g/mol. The zero-order valence-corrected chi connectivity index (χ0v) is 47.7. The van der Waals surface area contributed by atoms with Crippen LogP contribution in [-0.4, -0.2) is 132 Å². The smallest absolute Gasteiger partial charge is 0.254 e. The highest BCUT2D eigenvalue weighted by Gasteiger charge is 2.43. The number of carbonyl (C=O) groups excluding carboxylic acids is 5. The van der Waals surface area contributed by atoms with E-state index >= 15 is 0 Å². The van der Waals surface area contributed by atoms with Crippen LogP contribution in [0, 0.1) is 22.6 Å². The number of ether oxygens (including phenoxy) is 3. The number of likely N-dealkylation sites (N-methyl/N-ethyl adjacent to an activating group) is 1. The largest absolute Gasteiger partial charge is 0.491 e. The summed E-state index contributed by atoms with van der Waals surface area (Å²) in [4.78, 5) is 79.0. The highest BCUT2D eigenvalue weighted by molar-refractivity contribution is 5.97. The van der Waals surface area contributed by atoms with Crippen LogP contribution in [0.2, 0.25) is 0 Å². The van der Waals surface area contributed by atoms with Crippen LogP contribution in [0.3, 0.4) is 0 Å². The standard InChI is InChI=1S/C61H75FN12O8/c1-37(65-5)57(76)69-55(61(2,3)4)60(79)73-35-41-29-43(18-16-39(41)30-51(73)58(77)68-47-14-9-12-38-11-7-8-13-44(38)47)82-28-27-81-26-25-80-24-20-53(75)66-21-23-74-52(33-63)54-40-31-50(56(64)67-34-40)72-22-10-15-49(72)46-32-42(62)17-19-45(46)59(78)71(6)36-48(54)70-74/h7-8,11,13,16-19,29,31-32,34,37,47,49,51,55,65H,9-10,12,14-15,20-28,30,35-36H2,1-6H3,(H2,64,67)(H,66,75)(H,68,77)(H,69,76)/t37-,47+,49+,51-,55+/m0/s1. The molecule has 434 valence electrons. The average Bonchev–Trinajstić information content (AvgIpc) is 4.27. The molecule has 0 unspecified atom stereocenters. The van der Waals surface area contributed by atoms with Crippen molar-refractivity contribution in [3.63, 3.8) is 0 Å². The molecule has 6 N–H and O–H groups in total. The van der Waals surface area contributed by atoms with E-state index < -0.39 is 29.4 Å². The van der Waals surface area contributed by atoms with Gasteiger partial charge in [0.1, 0.15) is 47.8 Å². The van der Waals surface area contributed by atoms with Crippen LogP contribution in [0.15, 0.2) is 72.9 Å². The molecule has 9 rings (SSSR count). The van der Waals surface area contributed by atoms with Gasteiger partial charge in [-0.1, -0.05) is 51.1 Å². The van der Waals surface area contributed by atoms with Crippen molar-refractivity contribution < 1.29 is 42.6 Å². The first-order valence-electron chi connectivity index (χ1n) is 28.3. The molecule has 2 bridgehead atoms. The van der Waals surface area contributed by atoms with Gasteiger partial charge in [-0.3, -0.25) is 28.7 Å². The molecule has 0 saturated carbocycles. The Hall–Kier alpha value is -7.93. The van der Waals surface area contributed by atoms with E-state index in [9.17, 15) is 33.6 Å². The summed E-state index contributed by atoms with van der Waals surface area (Å²) in [7, 11) is 3.33. The predicted molar refractivity (Wildman–Crippen MR) is 306 cm³/mol. The van der Waals surface area contributed by atoms with Crippen LogP contribution in [0.25, 0.3) is 11.1 Å². The van der Waals surface area contributed by atoms with Gasteiger partial charge in [-0.05, 0) is 116 Å². The number of amides is 5. The summed E-state index contributed by atoms with van der Waals surface area (Å²) < 4.78 is 33.8. The number of nitrogens with two attached hydrogens (primary N) is 1. The molecule has 3 aliphatic heterocycles. The molecule has 4 aliphatic rings. The van der Waals surface area contributed by atoms with Crippen LogP contribution in [0.5, 0.6) is 5.75 Å². The van der Waals surface area contributed by atoms with Crippen LogP contribution >= 0.6 is 0 Å². The van der Waals surface area contributed by atoms with Gasteiger partial charge in [0.15, 0.2) is 0 Å². The lowest BCUT2D eigenvalue weighted by Crippen LogP contribution is -2.62. The number of hydrogen-bond donors (Lipinski definition) is 5. The highest BCUT2D eigenvalue weighted by Crippen LogP contribution is 2.43. The Bertz CT molecular complexity index is 3230. The molecule has 82 heavy (non-hydrogen) atoms. The minimum Gasteiger partial charge on any atom is -0.491 e. The zero-order chi connectivity index (χ0) is 58.2. The number of nitriles is 1. The quantitative estimate of drug-likeness (QED) is 0.0626. The molecule has 1 aliphatic carbocycles.